The zero-order valence-corrected chi connectivity index (χ0v) is 12.3. The van der Waals surface area contributed by atoms with Gasteiger partial charge in [-0.25, -0.2) is 4.79 Å². The Labute approximate surface area is 130 Å². The van der Waals surface area contributed by atoms with E-state index in [1.54, 1.807) is 6.07 Å². The minimum Gasteiger partial charge on any atom is -0.484 e. The van der Waals surface area contributed by atoms with Crippen LogP contribution in [0.15, 0.2) is 18.2 Å². The Kier molecular flexibility index (Phi) is 4.92. The lowest BCUT2D eigenvalue weighted by atomic mass is 10.2. The first-order valence-electron chi connectivity index (χ1n) is 6.16. The number of aliphatic hydroxyl groups is 1. The first kappa shape index (κ1) is 15.9. The van der Waals surface area contributed by atoms with Crippen LogP contribution in [0.5, 0.6) is 5.75 Å². The normalized spacial score (nSPS) is 21.4. The maximum Gasteiger partial charge on any atom is 0.326 e. The van der Waals surface area contributed by atoms with Crippen LogP contribution < -0.4 is 4.74 Å². The monoisotopic (exact) mass is 333 g/mol. The lowest BCUT2D eigenvalue weighted by Gasteiger charge is -2.21. The van der Waals surface area contributed by atoms with Crippen LogP contribution in [0.3, 0.4) is 0 Å². The molecule has 0 bridgehead atoms. The molecular weight excluding hydrogens is 321 g/mol. The van der Waals surface area contributed by atoms with Crippen molar-refractivity contribution in [2.75, 3.05) is 13.2 Å². The first-order valence-corrected chi connectivity index (χ1v) is 6.92. The lowest BCUT2D eigenvalue weighted by Crippen LogP contribution is -2.42. The second kappa shape index (κ2) is 6.51. The Morgan fingerprint density at radius 1 is 1.33 bits per heavy atom. The van der Waals surface area contributed by atoms with Crippen molar-refractivity contribution >= 4 is 35.1 Å². The molecule has 0 aliphatic carbocycles. The molecule has 1 aliphatic heterocycles. The lowest BCUT2D eigenvalue weighted by molar-refractivity contribution is -0.148. The highest BCUT2D eigenvalue weighted by Crippen LogP contribution is 2.26. The fraction of sp³-hybridized carbons (Fsp3) is 0.385. The summed E-state index contributed by atoms with van der Waals surface area (Å²) in [5.41, 5.74) is 0. The van der Waals surface area contributed by atoms with Gasteiger partial charge in [-0.2, -0.15) is 0 Å². The highest BCUT2D eigenvalue weighted by molar-refractivity contribution is 6.42. The zero-order chi connectivity index (χ0) is 15.6. The molecule has 21 heavy (non-hydrogen) atoms. The van der Waals surface area contributed by atoms with Crippen molar-refractivity contribution < 1.29 is 24.5 Å². The van der Waals surface area contributed by atoms with Gasteiger partial charge in [-0.05, 0) is 12.1 Å². The predicted molar refractivity (Wildman–Crippen MR) is 75.7 cm³/mol. The third kappa shape index (κ3) is 3.78. The topological polar surface area (TPSA) is 87.1 Å². The molecular formula is C13H13Cl2NO5. The Bertz CT molecular complexity index is 565. The van der Waals surface area contributed by atoms with Crippen LogP contribution >= 0.6 is 23.2 Å². The fourth-order valence-electron chi connectivity index (χ4n) is 2.12. The van der Waals surface area contributed by atoms with Crippen LogP contribution in [0, 0.1) is 0 Å². The van der Waals surface area contributed by atoms with Gasteiger partial charge in [0.15, 0.2) is 6.61 Å². The highest BCUT2D eigenvalue weighted by atomic mass is 35.5. The summed E-state index contributed by atoms with van der Waals surface area (Å²) in [6.07, 6.45) is -0.812. The van der Waals surface area contributed by atoms with Gasteiger partial charge >= 0.3 is 5.97 Å². The van der Waals surface area contributed by atoms with E-state index in [9.17, 15) is 14.7 Å². The molecule has 1 aliphatic rings. The summed E-state index contributed by atoms with van der Waals surface area (Å²) >= 11 is 11.6. The largest absolute Gasteiger partial charge is 0.484 e. The number of likely N-dealkylation sites (tertiary alicyclic amines) is 1. The summed E-state index contributed by atoms with van der Waals surface area (Å²) in [5, 5.41) is 19.2. The summed E-state index contributed by atoms with van der Waals surface area (Å²) in [7, 11) is 0. The predicted octanol–water partition coefficient (Wildman–Crippen LogP) is 1.42. The number of halogens is 2. The number of carbonyl (C=O) groups is 2. The molecule has 8 heteroatoms. The molecule has 1 heterocycles. The number of aliphatic carboxylic acids is 1. The molecule has 2 unspecified atom stereocenters. The van der Waals surface area contributed by atoms with Crippen LogP contribution in [0.2, 0.25) is 10.0 Å². The van der Waals surface area contributed by atoms with Gasteiger partial charge in [-0.15, -0.1) is 0 Å². The number of rotatable bonds is 4. The molecule has 114 valence electrons. The molecule has 0 aromatic heterocycles. The summed E-state index contributed by atoms with van der Waals surface area (Å²) in [6.45, 7) is -0.352. The zero-order valence-electron chi connectivity index (χ0n) is 10.8. The van der Waals surface area contributed by atoms with Crippen LogP contribution in [0.1, 0.15) is 6.42 Å². The molecule has 1 saturated heterocycles. The van der Waals surface area contributed by atoms with Crippen molar-refractivity contribution in [1.29, 1.82) is 0 Å². The molecule has 0 saturated carbocycles. The average molecular weight is 334 g/mol. The molecule has 2 atom stereocenters. The van der Waals surface area contributed by atoms with Crippen molar-refractivity contribution in [1.82, 2.24) is 4.90 Å². The summed E-state index contributed by atoms with van der Waals surface area (Å²) < 4.78 is 5.27. The number of aliphatic hydroxyl groups excluding tert-OH is 1. The van der Waals surface area contributed by atoms with Gasteiger partial charge in [0.05, 0.1) is 16.1 Å². The molecule has 0 radical (unpaired) electrons. The Hall–Kier alpha value is -1.50. The molecule has 1 aromatic rings. The van der Waals surface area contributed by atoms with Crippen LogP contribution in [0.4, 0.5) is 0 Å². The quantitative estimate of drug-likeness (QED) is 0.870. The van der Waals surface area contributed by atoms with E-state index in [0.717, 1.165) is 4.90 Å². The Morgan fingerprint density at radius 3 is 2.67 bits per heavy atom. The van der Waals surface area contributed by atoms with E-state index < -0.39 is 24.0 Å². The van der Waals surface area contributed by atoms with Gasteiger partial charge in [0.25, 0.3) is 5.91 Å². The number of hydrogen-bond acceptors (Lipinski definition) is 4. The minimum absolute atomic E-state index is 0.0134. The number of nitrogens with zero attached hydrogens (tertiary/aromatic N) is 1. The number of ether oxygens (including phenoxy) is 1. The molecule has 2 rings (SSSR count). The average Bonchev–Trinajstić information content (AvgIpc) is 2.82. The number of hydrogen-bond donors (Lipinski definition) is 2. The summed E-state index contributed by atoms with van der Waals surface area (Å²) in [5.74, 6) is -1.30. The first-order chi connectivity index (χ1) is 9.88. The van der Waals surface area contributed by atoms with E-state index in [4.69, 9.17) is 33.0 Å². The molecule has 2 N–H and O–H groups in total. The summed E-state index contributed by atoms with van der Waals surface area (Å²) in [4.78, 5) is 24.1. The highest BCUT2D eigenvalue weighted by Gasteiger charge is 2.38. The van der Waals surface area contributed by atoms with E-state index in [-0.39, 0.29) is 19.6 Å². The van der Waals surface area contributed by atoms with Gasteiger partial charge in [0.1, 0.15) is 11.8 Å². The van der Waals surface area contributed by atoms with Crippen molar-refractivity contribution in [3.05, 3.63) is 28.2 Å². The van der Waals surface area contributed by atoms with E-state index in [1.165, 1.54) is 12.1 Å². The van der Waals surface area contributed by atoms with Crippen molar-refractivity contribution in [2.24, 2.45) is 0 Å². The van der Waals surface area contributed by atoms with E-state index in [0.29, 0.717) is 15.8 Å². The number of carboxylic acid groups (broad SMARTS) is 1. The third-order valence-corrected chi connectivity index (χ3v) is 3.88. The molecule has 1 fully saturated rings. The van der Waals surface area contributed by atoms with Crippen molar-refractivity contribution in [3.8, 4) is 5.75 Å². The van der Waals surface area contributed by atoms with Crippen LogP contribution in [0.25, 0.3) is 0 Å². The number of carboxylic acids is 1. The molecule has 1 aromatic carbocycles. The second-order valence-electron chi connectivity index (χ2n) is 4.65. The number of benzene rings is 1. The van der Waals surface area contributed by atoms with Crippen LogP contribution in [-0.4, -0.2) is 52.3 Å². The van der Waals surface area contributed by atoms with Gasteiger partial charge in [0, 0.05) is 19.0 Å². The van der Waals surface area contributed by atoms with Gasteiger partial charge < -0.3 is 19.8 Å². The number of carbonyl (C=O) groups excluding carboxylic acids is 1. The van der Waals surface area contributed by atoms with Crippen molar-refractivity contribution in [3.63, 3.8) is 0 Å². The Balaban J connectivity index is 1.97. The van der Waals surface area contributed by atoms with Crippen LogP contribution in [-0.2, 0) is 9.59 Å². The molecule has 1 amide bonds. The van der Waals surface area contributed by atoms with Gasteiger partial charge in [0.2, 0.25) is 0 Å². The van der Waals surface area contributed by atoms with E-state index in [1.807, 2.05) is 0 Å². The second-order valence-corrected chi connectivity index (χ2v) is 5.47. The van der Waals surface area contributed by atoms with Gasteiger partial charge in [-0.3, -0.25) is 4.79 Å². The molecule has 6 nitrogen and oxygen atoms in total. The minimum atomic E-state index is -1.14. The van der Waals surface area contributed by atoms with Crippen molar-refractivity contribution in [2.45, 2.75) is 18.6 Å². The fourth-order valence-corrected chi connectivity index (χ4v) is 2.41. The smallest absolute Gasteiger partial charge is 0.326 e. The van der Waals surface area contributed by atoms with E-state index in [2.05, 4.69) is 0 Å². The number of amides is 1. The molecule has 0 spiro atoms. The third-order valence-electron chi connectivity index (χ3n) is 3.14. The SMILES string of the molecule is O=C(O)C1CC(O)CN1C(=O)COc1ccc(Cl)c(Cl)c1. The number of β-amino-alcohol motifs (C(OH)–C–C–N with tert-alkyl or cyclic N) is 1. The van der Waals surface area contributed by atoms with Gasteiger partial charge in [-0.1, -0.05) is 23.2 Å². The summed E-state index contributed by atoms with van der Waals surface area (Å²) in [6, 6.07) is 3.52. The Morgan fingerprint density at radius 2 is 2.05 bits per heavy atom. The van der Waals surface area contributed by atoms with E-state index >= 15 is 0 Å². The maximum absolute atomic E-state index is 12.0. The standard InChI is InChI=1S/C13H13Cl2NO5/c14-9-2-1-8(4-10(9)15)21-6-12(18)16-5-7(17)3-11(16)13(19)20/h1-2,4,7,11,17H,3,5-6H2,(H,19,20). The maximum atomic E-state index is 12.0.